The van der Waals surface area contributed by atoms with E-state index in [9.17, 15) is 112 Å². The molecule has 2 aromatic heterocycles. The standard InChI is InChI=1S/C68H103N21O23/c1-7-32(4)52(86-62(106)48-11-9-19-89(48)66(110)45(23-37-27-74-30-77-37)83-55(99)39(69)22-36-26-73-29-76-36)63(107)88-54(34(6)92)65(109)82-44(25-51(97)98)60(104)85-47(28-90)61(105)81-43(24-50(95)96)59(103)78-41(16-17-49(70)94)57(101)87-53(33(5)91)64(108)79-40(10-8-18-75-68(71)72)56(100)80-42(20-31(2)3)58(102)84-46(67(111)112)21-35-12-14-38(93)15-13-35/h12-15,26-27,29-34,39-48,52-54,90-93H,7-11,16-25,28,69H2,1-6H3,(H2,70,94)(H,73,76)(H,74,77)(H,78,103)(H,79,108)(H,80,100)(H,81,105)(H,82,109)(H,83,99)(H,84,102)(H,85,104)(H,86,106)(H,87,101)(H,88,107)(H,95,96)(H,97,98)(H,111,112)(H4,71,72,75)/t32-,33+,34+,39-,40-,41-,42-,43-,44-,45-,46-,47-,48-,52-,53-,54-/m0/s1. The first kappa shape index (κ1) is 92.5. The van der Waals surface area contributed by atoms with Gasteiger partial charge in [-0.1, -0.05) is 46.2 Å². The highest BCUT2D eigenvalue weighted by Crippen LogP contribution is 2.22. The Morgan fingerprint density at radius 2 is 1.01 bits per heavy atom. The second-order valence-electron chi connectivity index (χ2n) is 27.3. The number of benzene rings is 1. The molecule has 0 spiro atoms. The average molecular weight is 1580 g/mol. The van der Waals surface area contributed by atoms with Gasteiger partial charge in [0.25, 0.3) is 0 Å². The summed E-state index contributed by atoms with van der Waals surface area (Å²) in [6, 6.07) is -17.1. The third-order valence-corrected chi connectivity index (χ3v) is 17.7. The predicted octanol–water partition coefficient (Wildman–Crippen LogP) is -8.28. The molecular weight excluding hydrogens is 1480 g/mol. The molecular formula is C68H103N21O23. The summed E-state index contributed by atoms with van der Waals surface area (Å²) in [4.78, 5) is 236. The molecule has 1 saturated heterocycles. The van der Waals surface area contributed by atoms with Crippen molar-refractivity contribution in [1.82, 2.24) is 83.3 Å². The average Bonchev–Trinajstić information content (AvgIpc) is 1.61. The Hall–Kier alpha value is -11.9. The number of aliphatic hydroxyl groups is 3. The topological polar surface area (TPSA) is 724 Å². The summed E-state index contributed by atoms with van der Waals surface area (Å²) < 4.78 is 0. The van der Waals surface area contributed by atoms with Gasteiger partial charge < -0.3 is 132 Å². The number of aliphatic imine (C=N–C) groups is 1. The number of guanidine groups is 1. The molecule has 3 heterocycles. The molecule has 0 unspecified atom stereocenters. The number of aliphatic hydroxyl groups excluding tert-OH is 3. The Kier molecular flexibility index (Phi) is 37.4. The first-order valence-electron chi connectivity index (χ1n) is 35.8. The monoisotopic (exact) mass is 1580 g/mol. The van der Waals surface area contributed by atoms with Crippen molar-refractivity contribution in [3.63, 3.8) is 0 Å². The van der Waals surface area contributed by atoms with Crippen LogP contribution in [0.25, 0.3) is 0 Å². The quantitative estimate of drug-likeness (QED) is 0.0142. The number of hydrogen-bond donors (Lipinski definition) is 24. The Bertz CT molecular complexity index is 3760. The minimum absolute atomic E-state index is 0.0365. The maximum atomic E-state index is 14.4. The number of carbonyl (C=O) groups excluding carboxylic acids is 13. The zero-order chi connectivity index (χ0) is 83.8. The van der Waals surface area contributed by atoms with Gasteiger partial charge in [-0.15, -0.1) is 0 Å². The first-order chi connectivity index (χ1) is 52.7. The minimum atomic E-state index is -2.27. The Morgan fingerprint density at radius 1 is 0.554 bits per heavy atom. The van der Waals surface area contributed by atoms with Crippen molar-refractivity contribution in [2.45, 2.75) is 216 Å². The summed E-state index contributed by atoms with van der Waals surface area (Å²) >= 11 is 0. The van der Waals surface area contributed by atoms with Crippen LogP contribution in [0, 0.1) is 11.8 Å². The van der Waals surface area contributed by atoms with Gasteiger partial charge in [-0.25, -0.2) is 14.8 Å². The molecule has 1 aliphatic heterocycles. The third-order valence-electron chi connectivity index (χ3n) is 17.7. The molecule has 4 rings (SSSR count). The molecule has 1 fully saturated rings. The second kappa shape index (κ2) is 45.3. The van der Waals surface area contributed by atoms with E-state index in [1.165, 1.54) is 54.2 Å². The van der Waals surface area contributed by atoms with E-state index in [-0.39, 0.29) is 82.1 Å². The van der Waals surface area contributed by atoms with Crippen molar-refractivity contribution in [3.05, 3.63) is 66.3 Å². The van der Waals surface area contributed by atoms with Crippen LogP contribution in [-0.2, 0) is 96.0 Å². The molecule has 0 aliphatic carbocycles. The number of hydrogen-bond acceptors (Lipinski definition) is 24. The number of phenolic OH excluding ortho intramolecular Hbond substituents is 1. The smallest absolute Gasteiger partial charge is 0.326 e. The van der Waals surface area contributed by atoms with Crippen molar-refractivity contribution in [2.75, 3.05) is 19.7 Å². The van der Waals surface area contributed by atoms with Gasteiger partial charge in [0, 0.05) is 62.6 Å². The summed E-state index contributed by atoms with van der Waals surface area (Å²) in [7, 11) is 0. The number of imidazole rings is 2. The number of nitrogens with zero attached hydrogens (tertiary/aromatic N) is 4. The van der Waals surface area contributed by atoms with E-state index in [1.54, 1.807) is 27.7 Å². The lowest BCUT2D eigenvalue weighted by molar-refractivity contribution is -0.143. The molecule has 0 bridgehead atoms. The van der Waals surface area contributed by atoms with Crippen LogP contribution < -0.4 is 81.4 Å². The van der Waals surface area contributed by atoms with Crippen LogP contribution >= 0.6 is 0 Å². The van der Waals surface area contributed by atoms with Gasteiger partial charge in [-0.05, 0) is 81.9 Å². The molecule has 0 saturated carbocycles. The SMILES string of the molecule is CC[C@H](C)[C@H](NC(=O)[C@@H]1CCCN1C(=O)[C@H](Cc1cnc[nH]1)NC(=O)[C@@H](N)Cc1cnc[nH]1)C(=O)N[C@H](C(=O)N[C@@H](CC(=O)O)C(=O)N[C@@H](CO)C(=O)N[C@@H](CC(=O)O)C(=O)N[C@@H](CCC(N)=O)C(=O)N[C@H](C(=O)N[C@@H](CCCN=C(N)N)C(=O)N[C@@H](CC(C)C)C(=O)N[C@@H](Cc1ccc(O)cc1)C(=O)O)[C@@H](C)O)[C@@H](C)O. The minimum Gasteiger partial charge on any atom is -0.508 e. The molecule has 44 nitrogen and oxygen atoms in total. The number of phenols is 1. The second-order valence-corrected chi connectivity index (χ2v) is 27.3. The molecule has 3 aromatic rings. The summed E-state index contributed by atoms with van der Waals surface area (Å²) in [5.74, 6) is -21.6. The fraction of sp³-hybridized carbons (Fsp3) is 0.574. The van der Waals surface area contributed by atoms with E-state index < -0.39 is 224 Å². The van der Waals surface area contributed by atoms with Crippen molar-refractivity contribution >= 4 is 101 Å². The van der Waals surface area contributed by atoms with Crippen LogP contribution in [0.3, 0.4) is 0 Å². The lowest BCUT2D eigenvalue weighted by atomic mass is 9.96. The number of likely N-dealkylation sites (tertiary alicyclic amines) is 1. The molecule has 1 aromatic carbocycles. The predicted molar refractivity (Wildman–Crippen MR) is 390 cm³/mol. The van der Waals surface area contributed by atoms with Gasteiger partial charge in [-0.3, -0.25) is 76.9 Å². The fourth-order valence-corrected chi connectivity index (χ4v) is 11.5. The number of aromatic hydroxyl groups is 1. The number of carbonyl (C=O) groups is 16. The van der Waals surface area contributed by atoms with Gasteiger partial charge in [0.05, 0.1) is 50.4 Å². The number of aromatic nitrogens is 4. The summed E-state index contributed by atoms with van der Waals surface area (Å²) in [5.41, 5.74) is 23.9. The fourth-order valence-electron chi connectivity index (χ4n) is 11.5. The molecule has 1 aliphatic rings. The third kappa shape index (κ3) is 30.5. The molecule has 112 heavy (non-hydrogen) atoms. The summed E-state index contributed by atoms with van der Waals surface area (Å²) in [5, 5.41) is 96.9. The van der Waals surface area contributed by atoms with E-state index in [4.69, 9.17) is 22.9 Å². The van der Waals surface area contributed by atoms with E-state index in [0.717, 1.165) is 13.8 Å². The van der Waals surface area contributed by atoms with Gasteiger partial charge in [0.15, 0.2) is 5.96 Å². The number of nitrogens with one attached hydrogen (secondary N) is 13. The first-order valence-corrected chi connectivity index (χ1v) is 35.8. The highest BCUT2D eigenvalue weighted by molar-refractivity contribution is 6.01. The Morgan fingerprint density at radius 3 is 1.51 bits per heavy atom. The van der Waals surface area contributed by atoms with Crippen molar-refractivity contribution in [1.29, 1.82) is 0 Å². The molecule has 0 radical (unpaired) electrons. The van der Waals surface area contributed by atoms with Crippen LogP contribution in [-0.4, -0.2) is 272 Å². The number of aromatic amines is 2. The summed E-state index contributed by atoms with van der Waals surface area (Å²) in [6.45, 7) is 7.15. The number of H-pyrrole nitrogens is 2. The molecule has 28 N–H and O–H groups in total. The number of primary amides is 1. The number of rotatable bonds is 48. The van der Waals surface area contributed by atoms with Crippen molar-refractivity contribution in [3.8, 4) is 5.75 Å². The van der Waals surface area contributed by atoms with Gasteiger partial charge in [0.2, 0.25) is 76.8 Å². The van der Waals surface area contributed by atoms with Crippen molar-refractivity contribution in [2.24, 2.45) is 39.8 Å². The van der Waals surface area contributed by atoms with Gasteiger partial charge in [0.1, 0.15) is 78.3 Å². The number of carboxylic acids is 3. The normalized spacial score (nSPS) is 16.6. The van der Waals surface area contributed by atoms with Gasteiger partial charge >= 0.3 is 17.9 Å². The van der Waals surface area contributed by atoms with Crippen LogP contribution in [0.4, 0.5) is 0 Å². The number of carboxylic acid groups (broad SMARTS) is 3. The van der Waals surface area contributed by atoms with E-state index in [0.29, 0.717) is 23.4 Å². The lowest BCUT2D eigenvalue weighted by Gasteiger charge is -2.32. The van der Waals surface area contributed by atoms with Crippen LogP contribution in [0.2, 0.25) is 0 Å². The molecule has 44 heteroatoms. The largest absolute Gasteiger partial charge is 0.508 e. The van der Waals surface area contributed by atoms with E-state index in [1.807, 2.05) is 10.6 Å². The van der Waals surface area contributed by atoms with E-state index in [2.05, 4.69) is 72.8 Å². The van der Waals surface area contributed by atoms with Gasteiger partial charge in [-0.2, -0.15) is 0 Å². The zero-order valence-corrected chi connectivity index (χ0v) is 62.5. The highest BCUT2D eigenvalue weighted by Gasteiger charge is 2.43. The zero-order valence-electron chi connectivity index (χ0n) is 62.5. The number of nitrogens with two attached hydrogens (primary N) is 4. The lowest BCUT2D eigenvalue weighted by Crippen LogP contribution is -2.63. The van der Waals surface area contributed by atoms with Crippen LogP contribution in [0.1, 0.15) is 123 Å². The number of aliphatic carboxylic acids is 3. The van der Waals surface area contributed by atoms with Crippen LogP contribution in [0.15, 0.2) is 54.3 Å². The number of amides is 13. The molecule has 618 valence electrons. The maximum Gasteiger partial charge on any atom is 0.326 e. The Labute approximate surface area is 641 Å². The van der Waals surface area contributed by atoms with Crippen LogP contribution in [0.5, 0.6) is 5.75 Å². The Balaban J connectivity index is 1.51. The van der Waals surface area contributed by atoms with E-state index >= 15 is 0 Å². The highest BCUT2D eigenvalue weighted by atomic mass is 16.4. The summed E-state index contributed by atoms with van der Waals surface area (Å²) in [6.07, 6.45) is -2.21. The maximum absolute atomic E-state index is 14.4. The molecule has 16 atom stereocenters. The molecule has 13 amide bonds. The van der Waals surface area contributed by atoms with Crippen molar-refractivity contribution < 1.29 is 112 Å².